The van der Waals surface area contributed by atoms with Crippen LogP contribution >= 0.6 is 11.6 Å². The number of aryl methyl sites for hydroxylation is 1. The highest BCUT2D eigenvalue weighted by Crippen LogP contribution is 2.20. The molecule has 1 unspecified atom stereocenters. The maximum atomic E-state index is 10.2. The lowest BCUT2D eigenvalue weighted by atomic mass is 10.1. The molecule has 1 atom stereocenters. The second-order valence-electron chi connectivity index (χ2n) is 5.05. The zero-order chi connectivity index (χ0) is 14.5. The fourth-order valence-electron chi connectivity index (χ4n) is 2.09. The number of hydrogen-bond acceptors (Lipinski definition) is 3. The molecule has 1 aromatic carbocycles. The molecule has 0 spiro atoms. The second kappa shape index (κ2) is 6.88. The first-order chi connectivity index (χ1) is 9.56. The molecule has 5 heteroatoms. The quantitative estimate of drug-likeness (QED) is 0.890. The highest BCUT2D eigenvalue weighted by atomic mass is 35.5. The smallest absolute Gasteiger partial charge is 0.122 e. The molecule has 2 aromatic rings. The van der Waals surface area contributed by atoms with E-state index in [2.05, 4.69) is 9.88 Å². The minimum Gasteiger partial charge on any atom is -0.388 e. The minimum atomic E-state index is -0.488. The molecule has 0 saturated heterocycles. The summed E-state index contributed by atoms with van der Waals surface area (Å²) in [6, 6.07) is 7.38. The molecule has 1 N–H and O–H groups in total. The van der Waals surface area contributed by atoms with E-state index in [9.17, 15) is 5.11 Å². The van der Waals surface area contributed by atoms with Gasteiger partial charge >= 0.3 is 0 Å². The highest BCUT2D eigenvalue weighted by Gasteiger charge is 2.10. The zero-order valence-electron chi connectivity index (χ0n) is 11.8. The van der Waals surface area contributed by atoms with Gasteiger partial charge in [-0.2, -0.15) is 0 Å². The van der Waals surface area contributed by atoms with Crippen LogP contribution in [0.3, 0.4) is 0 Å². The van der Waals surface area contributed by atoms with E-state index in [1.54, 1.807) is 6.20 Å². The lowest BCUT2D eigenvalue weighted by Gasteiger charge is -2.19. The van der Waals surface area contributed by atoms with Crippen LogP contribution in [0.4, 0.5) is 0 Å². The summed E-state index contributed by atoms with van der Waals surface area (Å²) in [7, 11) is 4.01. The number of imidazole rings is 1. The summed E-state index contributed by atoms with van der Waals surface area (Å²) < 4.78 is 2.00. The van der Waals surface area contributed by atoms with Crippen LogP contribution in [0.5, 0.6) is 0 Å². The molecule has 20 heavy (non-hydrogen) atoms. The van der Waals surface area contributed by atoms with E-state index in [0.29, 0.717) is 11.4 Å². The first-order valence-corrected chi connectivity index (χ1v) is 7.02. The maximum absolute atomic E-state index is 10.2. The molecule has 108 valence electrons. The molecule has 0 saturated carbocycles. The standard InChI is InChI=1S/C15H20ClN3O/c1-18(11-15-17-7-9-19(15)2)8-6-14(20)12-4-3-5-13(16)10-12/h3-5,7,9-10,14,20H,6,8,11H2,1-2H3. The monoisotopic (exact) mass is 293 g/mol. The Bertz CT molecular complexity index is 556. The van der Waals surface area contributed by atoms with Crippen molar-refractivity contribution in [3.8, 4) is 0 Å². The van der Waals surface area contributed by atoms with Crippen LogP contribution in [0.2, 0.25) is 5.02 Å². The van der Waals surface area contributed by atoms with Gasteiger partial charge < -0.3 is 9.67 Å². The number of aliphatic hydroxyl groups excluding tert-OH is 1. The van der Waals surface area contributed by atoms with Crippen LogP contribution in [0, 0.1) is 0 Å². The average molecular weight is 294 g/mol. The minimum absolute atomic E-state index is 0.488. The third kappa shape index (κ3) is 4.07. The number of benzene rings is 1. The molecule has 1 aromatic heterocycles. The molecule has 0 aliphatic carbocycles. The maximum Gasteiger partial charge on any atom is 0.122 e. The first kappa shape index (κ1) is 15.0. The van der Waals surface area contributed by atoms with Crippen LogP contribution in [-0.4, -0.2) is 33.1 Å². The van der Waals surface area contributed by atoms with Crippen molar-refractivity contribution in [2.75, 3.05) is 13.6 Å². The summed E-state index contributed by atoms with van der Waals surface area (Å²) >= 11 is 5.93. The largest absolute Gasteiger partial charge is 0.388 e. The molecular weight excluding hydrogens is 274 g/mol. The van der Waals surface area contributed by atoms with Crippen molar-refractivity contribution < 1.29 is 5.11 Å². The Balaban J connectivity index is 1.84. The Kier molecular flexibility index (Phi) is 5.17. The van der Waals surface area contributed by atoms with E-state index < -0.39 is 6.10 Å². The van der Waals surface area contributed by atoms with Crippen molar-refractivity contribution in [1.82, 2.24) is 14.5 Å². The molecule has 0 aliphatic rings. The summed E-state index contributed by atoms with van der Waals surface area (Å²) in [5.41, 5.74) is 0.864. The molecule has 4 nitrogen and oxygen atoms in total. The fraction of sp³-hybridized carbons (Fsp3) is 0.400. The molecule has 2 rings (SSSR count). The van der Waals surface area contributed by atoms with Crippen molar-refractivity contribution >= 4 is 11.6 Å². The number of aliphatic hydroxyl groups is 1. The van der Waals surface area contributed by atoms with Crippen molar-refractivity contribution in [3.63, 3.8) is 0 Å². The van der Waals surface area contributed by atoms with Gasteiger partial charge in [-0.1, -0.05) is 23.7 Å². The van der Waals surface area contributed by atoms with E-state index in [0.717, 1.165) is 24.5 Å². The third-order valence-electron chi connectivity index (χ3n) is 3.35. The topological polar surface area (TPSA) is 41.3 Å². The summed E-state index contributed by atoms with van der Waals surface area (Å²) in [6.07, 6.45) is 3.91. The number of nitrogens with zero attached hydrogens (tertiary/aromatic N) is 3. The van der Waals surface area contributed by atoms with E-state index in [1.165, 1.54) is 0 Å². The van der Waals surface area contributed by atoms with Gasteiger partial charge in [-0.25, -0.2) is 4.98 Å². The number of hydrogen-bond donors (Lipinski definition) is 1. The van der Waals surface area contributed by atoms with Crippen LogP contribution < -0.4 is 0 Å². The Hall–Kier alpha value is -1.36. The van der Waals surface area contributed by atoms with Gasteiger partial charge in [0.05, 0.1) is 12.6 Å². The molecule has 0 amide bonds. The predicted octanol–water partition coefficient (Wildman–Crippen LogP) is 2.63. The lowest BCUT2D eigenvalue weighted by Crippen LogP contribution is -2.22. The van der Waals surface area contributed by atoms with Gasteiger partial charge in [0.25, 0.3) is 0 Å². The Labute approximate surface area is 124 Å². The van der Waals surface area contributed by atoms with Gasteiger partial charge in [0.15, 0.2) is 0 Å². The van der Waals surface area contributed by atoms with Crippen LogP contribution in [0.1, 0.15) is 23.9 Å². The van der Waals surface area contributed by atoms with Crippen molar-refractivity contribution in [1.29, 1.82) is 0 Å². The normalized spacial score (nSPS) is 12.8. The summed E-state index contributed by atoms with van der Waals surface area (Å²) in [6.45, 7) is 1.56. The molecule has 0 radical (unpaired) electrons. The van der Waals surface area contributed by atoms with Gasteiger partial charge in [0.1, 0.15) is 5.82 Å². The second-order valence-corrected chi connectivity index (χ2v) is 5.49. The Morgan fingerprint density at radius 1 is 1.45 bits per heavy atom. The predicted molar refractivity (Wildman–Crippen MR) is 80.6 cm³/mol. The van der Waals surface area contributed by atoms with Crippen molar-refractivity contribution in [2.45, 2.75) is 19.1 Å². The van der Waals surface area contributed by atoms with E-state index in [4.69, 9.17) is 11.6 Å². The van der Waals surface area contributed by atoms with Crippen LogP contribution in [-0.2, 0) is 13.6 Å². The fourth-order valence-corrected chi connectivity index (χ4v) is 2.29. The molecule has 0 bridgehead atoms. The van der Waals surface area contributed by atoms with E-state index in [-0.39, 0.29) is 0 Å². The summed E-state index contributed by atoms with van der Waals surface area (Å²) in [5, 5.41) is 10.8. The van der Waals surface area contributed by atoms with Gasteiger partial charge in [0, 0.05) is 31.0 Å². The van der Waals surface area contributed by atoms with E-state index in [1.807, 2.05) is 49.1 Å². The van der Waals surface area contributed by atoms with Gasteiger partial charge in [-0.05, 0) is 31.2 Å². The first-order valence-electron chi connectivity index (χ1n) is 6.64. The highest BCUT2D eigenvalue weighted by molar-refractivity contribution is 6.30. The van der Waals surface area contributed by atoms with Crippen LogP contribution in [0.25, 0.3) is 0 Å². The van der Waals surface area contributed by atoms with E-state index >= 15 is 0 Å². The molecule has 0 aliphatic heterocycles. The van der Waals surface area contributed by atoms with Gasteiger partial charge in [0.2, 0.25) is 0 Å². The zero-order valence-corrected chi connectivity index (χ0v) is 12.6. The summed E-state index contributed by atoms with van der Waals surface area (Å²) in [4.78, 5) is 6.44. The molecule has 0 fully saturated rings. The van der Waals surface area contributed by atoms with Gasteiger partial charge in [-0.15, -0.1) is 0 Å². The number of halogens is 1. The average Bonchev–Trinajstić information content (AvgIpc) is 2.81. The lowest BCUT2D eigenvalue weighted by molar-refractivity contribution is 0.147. The van der Waals surface area contributed by atoms with Gasteiger partial charge in [-0.3, -0.25) is 4.90 Å². The van der Waals surface area contributed by atoms with Crippen LogP contribution in [0.15, 0.2) is 36.7 Å². The molecule has 1 heterocycles. The van der Waals surface area contributed by atoms with Crippen molar-refractivity contribution in [3.05, 3.63) is 53.1 Å². The number of aromatic nitrogens is 2. The molecular formula is C15H20ClN3O. The number of rotatable bonds is 6. The van der Waals surface area contributed by atoms with Crippen molar-refractivity contribution in [2.24, 2.45) is 7.05 Å². The summed E-state index contributed by atoms with van der Waals surface area (Å²) in [5.74, 6) is 1.02. The third-order valence-corrected chi connectivity index (χ3v) is 3.59. The SMILES string of the molecule is CN(CCC(O)c1cccc(Cl)c1)Cc1nccn1C. The Morgan fingerprint density at radius 3 is 2.90 bits per heavy atom. The Morgan fingerprint density at radius 2 is 2.25 bits per heavy atom.